The van der Waals surface area contributed by atoms with Gasteiger partial charge in [-0.1, -0.05) is 0 Å². The Bertz CT molecular complexity index is 418. The van der Waals surface area contributed by atoms with Gasteiger partial charge in [-0.2, -0.15) is 0 Å². The van der Waals surface area contributed by atoms with Gasteiger partial charge in [0.1, 0.15) is 0 Å². The first kappa shape index (κ1) is 10.2. The van der Waals surface area contributed by atoms with Crippen LogP contribution in [0.4, 0.5) is 0 Å². The average molecular weight is 193 g/mol. The van der Waals surface area contributed by atoms with Crippen LogP contribution < -0.4 is 5.56 Å². The van der Waals surface area contributed by atoms with Crippen molar-refractivity contribution in [1.29, 1.82) is 0 Å². The normalized spacial score (nSPS) is 10.4. The van der Waals surface area contributed by atoms with Crippen LogP contribution in [-0.4, -0.2) is 18.1 Å². The summed E-state index contributed by atoms with van der Waals surface area (Å²) in [5.74, 6) is -0.421. The van der Waals surface area contributed by atoms with E-state index < -0.39 is 5.97 Å². The van der Waals surface area contributed by atoms with Gasteiger partial charge in [-0.15, -0.1) is 0 Å². The van der Waals surface area contributed by atoms with Crippen LogP contribution in [-0.2, 0) is 9.53 Å². The summed E-state index contributed by atoms with van der Waals surface area (Å²) in [5.41, 5.74) is 1.45. The molecule has 1 heterocycles. The third-order valence-corrected chi connectivity index (χ3v) is 1.77. The van der Waals surface area contributed by atoms with E-state index in [1.54, 1.807) is 19.2 Å². The number of aromatic nitrogens is 1. The van der Waals surface area contributed by atoms with E-state index in [2.05, 4.69) is 9.72 Å². The van der Waals surface area contributed by atoms with E-state index in [-0.39, 0.29) is 5.56 Å². The van der Waals surface area contributed by atoms with Gasteiger partial charge in [-0.3, -0.25) is 4.79 Å². The number of aryl methyl sites for hydroxylation is 1. The third-order valence-electron chi connectivity index (χ3n) is 1.77. The van der Waals surface area contributed by atoms with Gasteiger partial charge >= 0.3 is 5.97 Å². The fourth-order valence-corrected chi connectivity index (χ4v) is 0.990. The highest BCUT2D eigenvalue weighted by molar-refractivity contribution is 5.87. The number of rotatable bonds is 2. The molecule has 0 amide bonds. The molecule has 4 heteroatoms. The van der Waals surface area contributed by atoms with Crippen LogP contribution >= 0.6 is 0 Å². The van der Waals surface area contributed by atoms with Crippen LogP contribution in [0.1, 0.15) is 11.1 Å². The summed E-state index contributed by atoms with van der Waals surface area (Å²) >= 11 is 0. The maximum absolute atomic E-state index is 10.9. The van der Waals surface area contributed by atoms with Crippen LogP contribution in [0.25, 0.3) is 6.08 Å². The van der Waals surface area contributed by atoms with E-state index in [4.69, 9.17) is 0 Å². The maximum Gasteiger partial charge on any atom is 0.330 e. The van der Waals surface area contributed by atoms with Crippen LogP contribution in [0.2, 0.25) is 0 Å². The van der Waals surface area contributed by atoms with Crippen molar-refractivity contribution in [3.05, 3.63) is 39.8 Å². The molecule has 0 atom stereocenters. The molecule has 0 unspecified atom stereocenters. The number of ether oxygens (including phenoxy) is 1. The molecule has 0 saturated carbocycles. The highest BCUT2D eigenvalue weighted by atomic mass is 16.5. The number of carbonyl (C=O) groups is 1. The number of nitrogens with one attached hydrogen (secondary N) is 1. The molecular formula is C10H11NO3. The molecule has 0 radical (unpaired) electrons. The first-order valence-corrected chi connectivity index (χ1v) is 4.09. The first-order chi connectivity index (χ1) is 6.63. The zero-order valence-corrected chi connectivity index (χ0v) is 8.03. The Kier molecular flexibility index (Phi) is 3.23. The average Bonchev–Trinajstić information content (AvgIpc) is 2.16. The summed E-state index contributed by atoms with van der Waals surface area (Å²) in [4.78, 5) is 24.2. The summed E-state index contributed by atoms with van der Waals surface area (Å²) in [7, 11) is 1.31. The molecule has 0 aliphatic heterocycles. The molecule has 1 aromatic heterocycles. The lowest BCUT2D eigenvalue weighted by Gasteiger charge is -1.97. The van der Waals surface area contributed by atoms with Crippen molar-refractivity contribution < 1.29 is 9.53 Å². The zero-order valence-electron chi connectivity index (χ0n) is 8.03. The molecule has 1 N–H and O–H groups in total. The number of carbonyl (C=O) groups excluding carboxylic acids is 1. The first-order valence-electron chi connectivity index (χ1n) is 4.09. The highest BCUT2D eigenvalue weighted by Crippen LogP contribution is 2.04. The number of H-pyrrole nitrogens is 1. The lowest BCUT2D eigenvalue weighted by Crippen LogP contribution is -2.04. The van der Waals surface area contributed by atoms with E-state index in [0.717, 1.165) is 11.1 Å². The second-order valence-electron chi connectivity index (χ2n) is 2.79. The lowest BCUT2D eigenvalue weighted by atomic mass is 10.1. The topological polar surface area (TPSA) is 59.2 Å². The quantitative estimate of drug-likeness (QED) is 0.560. The number of hydrogen-bond donors (Lipinski definition) is 1. The van der Waals surface area contributed by atoms with Crippen molar-refractivity contribution in [3.8, 4) is 0 Å². The van der Waals surface area contributed by atoms with E-state index >= 15 is 0 Å². The summed E-state index contributed by atoms with van der Waals surface area (Å²) in [6, 6.07) is 1.47. The Morgan fingerprint density at radius 3 is 2.86 bits per heavy atom. The van der Waals surface area contributed by atoms with Crippen molar-refractivity contribution in [3.63, 3.8) is 0 Å². The smallest absolute Gasteiger partial charge is 0.330 e. The minimum Gasteiger partial charge on any atom is -0.466 e. The van der Waals surface area contributed by atoms with Gasteiger partial charge in [0, 0.05) is 18.3 Å². The number of hydrogen-bond acceptors (Lipinski definition) is 3. The fourth-order valence-electron chi connectivity index (χ4n) is 0.990. The van der Waals surface area contributed by atoms with E-state index in [1.165, 1.54) is 19.3 Å². The fraction of sp³-hybridized carbons (Fsp3) is 0.200. The van der Waals surface area contributed by atoms with Crippen LogP contribution in [0.5, 0.6) is 0 Å². The van der Waals surface area contributed by atoms with Crippen molar-refractivity contribution in [2.24, 2.45) is 0 Å². The SMILES string of the molecule is COC(=O)C=Cc1c[nH]c(=O)cc1C. The molecule has 0 aromatic carbocycles. The maximum atomic E-state index is 10.9. The highest BCUT2D eigenvalue weighted by Gasteiger charge is 1.96. The summed E-state index contributed by atoms with van der Waals surface area (Å²) < 4.78 is 4.44. The summed E-state index contributed by atoms with van der Waals surface area (Å²) in [6.45, 7) is 1.80. The van der Waals surface area contributed by atoms with Crippen molar-refractivity contribution >= 4 is 12.0 Å². The molecule has 1 aromatic rings. The van der Waals surface area contributed by atoms with Crippen LogP contribution in [0, 0.1) is 6.92 Å². The van der Waals surface area contributed by atoms with Gasteiger partial charge in [-0.25, -0.2) is 4.79 Å². The Balaban J connectivity index is 2.92. The second kappa shape index (κ2) is 4.41. The van der Waals surface area contributed by atoms with Gasteiger partial charge in [0.15, 0.2) is 0 Å². The van der Waals surface area contributed by atoms with Gasteiger partial charge < -0.3 is 9.72 Å². The molecule has 0 saturated heterocycles. The van der Waals surface area contributed by atoms with Gasteiger partial charge in [0.2, 0.25) is 5.56 Å². The van der Waals surface area contributed by atoms with Gasteiger partial charge in [0.05, 0.1) is 7.11 Å². The minimum absolute atomic E-state index is 0.155. The Morgan fingerprint density at radius 2 is 2.29 bits per heavy atom. The molecule has 0 spiro atoms. The van der Waals surface area contributed by atoms with Crippen molar-refractivity contribution in [2.45, 2.75) is 6.92 Å². The molecule has 4 nitrogen and oxygen atoms in total. The van der Waals surface area contributed by atoms with E-state index in [1.807, 2.05) is 0 Å². The second-order valence-corrected chi connectivity index (χ2v) is 2.79. The Morgan fingerprint density at radius 1 is 1.57 bits per heavy atom. The predicted octanol–water partition coefficient (Wildman–Crippen LogP) is 0.870. The molecule has 1 rings (SSSR count). The Hall–Kier alpha value is -1.84. The molecule has 74 valence electrons. The van der Waals surface area contributed by atoms with Gasteiger partial charge in [0.25, 0.3) is 0 Å². The summed E-state index contributed by atoms with van der Waals surface area (Å²) in [5, 5.41) is 0. The van der Waals surface area contributed by atoms with Crippen LogP contribution in [0.15, 0.2) is 23.1 Å². The Labute approximate surface area is 81.2 Å². The molecule has 0 aliphatic carbocycles. The molecule has 0 bridgehead atoms. The number of methoxy groups -OCH3 is 1. The lowest BCUT2D eigenvalue weighted by molar-refractivity contribution is -0.134. The van der Waals surface area contributed by atoms with E-state index in [0.29, 0.717) is 0 Å². The molecule has 14 heavy (non-hydrogen) atoms. The number of esters is 1. The van der Waals surface area contributed by atoms with Gasteiger partial charge in [-0.05, 0) is 24.1 Å². The van der Waals surface area contributed by atoms with Crippen LogP contribution in [0.3, 0.4) is 0 Å². The number of aromatic amines is 1. The largest absolute Gasteiger partial charge is 0.466 e. The van der Waals surface area contributed by atoms with Crippen molar-refractivity contribution in [2.75, 3.05) is 7.11 Å². The predicted molar refractivity (Wildman–Crippen MR) is 52.8 cm³/mol. The molecule has 0 fully saturated rings. The minimum atomic E-state index is -0.421. The molecule has 0 aliphatic rings. The zero-order chi connectivity index (χ0) is 10.6. The standard InChI is InChI=1S/C10H11NO3/c1-7-5-9(12)11-6-8(7)3-4-10(13)14-2/h3-6H,1-2H3,(H,11,12). The van der Waals surface area contributed by atoms with E-state index in [9.17, 15) is 9.59 Å². The monoisotopic (exact) mass is 193 g/mol. The van der Waals surface area contributed by atoms with Crippen molar-refractivity contribution in [1.82, 2.24) is 4.98 Å². The summed E-state index contributed by atoms with van der Waals surface area (Å²) in [6.07, 6.45) is 4.45. The third kappa shape index (κ3) is 2.58. The number of pyridine rings is 1. The molecular weight excluding hydrogens is 182 g/mol.